The van der Waals surface area contributed by atoms with E-state index in [-0.39, 0.29) is 0 Å². The van der Waals surface area contributed by atoms with Crippen molar-refractivity contribution in [1.82, 2.24) is 5.32 Å². The molecule has 1 aromatic rings. The number of cyclic esters (lactones) is 1. The summed E-state index contributed by atoms with van der Waals surface area (Å²) in [6, 6.07) is 8.80. The van der Waals surface area contributed by atoms with E-state index < -0.39 is 24.2 Å². The van der Waals surface area contributed by atoms with E-state index in [2.05, 4.69) is 10.1 Å². The highest BCUT2D eigenvalue weighted by Crippen LogP contribution is 2.15. The third-order valence-corrected chi connectivity index (χ3v) is 2.64. The van der Waals surface area contributed by atoms with Crippen LogP contribution in [0.15, 0.2) is 30.3 Å². The van der Waals surface area contributed by atoms with Gasteiger partial charge in [0.15, 0.2) is 6.04 Å². The molecule has 2 unspecified atom stereocenters. The number of methoxy groups -OCH3 is 1. The minimum Gasteiger partial charge on any atom is -0.467 e. The molecule has 0 spiro atoms. The molecular weight excluding hydrogens is 222 g/mol. The van der Waals surface area contributed by atoms with Crippen molar-refractivity contribution < 1.29 is 19.1 Å². The standard InChI is InChI=1S/C12H13NO4/c1-16-11(14)10-9(17-12(15)13-10)7-8-5-3-2-4-6-8/h2-6,9-10H,7H2,1H3,(H,13,15). The highest BCUT2D eigenvalue weighted by Gasteiger charge is 2.39. The summed E-state index contributed by atoms with van der Waals surface area (Å²) in [6.07, 6.45) is -0.613. The molecule has 17 heavy (non-hydrogen) atoms. The third-order valence-electron chi connectivity index (χ3n) is 2.64. The van der Waals surface area contributed by atoms with E-state index in [1.807, 2.05) is 30.3 Å². The van der Waals surface area contributed by atoms with Crippen molar-refractivity contribution in [3.63, 3.8) is 0 Å². The van der Waals surface area contributed by atoms with Crippen LogP contribution in [0, 0.1) is 0 Å². The van der Waals surface area contributed by atoms with Gasteiger partial charge in [0.05, 0.1) is 7.11 Å². The lowest BCUT2D eigenvalue weighted by molar-refractivity contribution is -0.144. The van der Waals surface area contributed by atoms with Gasteiger partial charge in [0.1, 0.15) is 6.10 Å². The van der Waals surface area contributed by atoms with Gasteiger partial charge in [-0.25, -0.2) is 9.59 Å². The van der Waals surface area contributed by atoms with Crippen LogP contribution in [0.1, 0.15) is 5.56 Å². The lowest BCUT2D eigenvalue weighted by Gasteiger charge is -2.14. The molecule has 1 aliphatic heterocycles. The average molecular weight is 235 g/mol. The van der Waals surface area contributed by atoms with Gasteiger partial charge in [0, 0.05) is 6.42 Å². The number of nitrogens with one attached hydrogen (secondary N) is 1. The van der Waals surface area contributed by atoms with Gasteiger partial charge in [0.2, 0.25) is 0 Å². The van der Waals surface area contributed by atoms with Gasteiger partial charge < -0.3 is 14.8 Å². The smallest absolute Gasteiger partial charge is 0.408 e. The van der Waals surface area contributed by atoms with Crippen molar-refractivity contribution >= 4 is 12.1 Å². The molecule has 1 heterocycles. The van der Waals surface area contributed by atoms with Crippen molar-refractivity contribution in [2.24, 2.45) is 0 Å². The first-order valence-electron chi connectivity index (χ1n) is 5.29. The number of rotatable bonds is 3. The Kier molecular flexibility index (Phi) is 3.27. The predicted molar refractivity (Wildman–Crippen MR) is 59.4 cm³/mol. The van der Waals surface area contributed by atoms with Gasteiger partial charge in [-0.2, -0.15) is 0 Å². The van der Waals surface area contributed by atoms with Crippen molar-refractivity contribution in [3.8, 4) is 0 Å². The van der Waals surface area contributed by atoms with Crippen molar-refractivity contribution in [2.45, 2.75) is 18.6 Å². The number of hydrogen-bond acceptors (Lipinski definition) is 4. The number of esters is 1. The van der Waals surface area contributed by atoms with Crippen LogP contribution in [0.2, 0.25) is 0 Å². The Labute approximate surface area is 98.7 Å². The molecule has 5 nitrogen and oxygen atoms in total. The molecule has 0 aromatic heterocycles. The van der Waals surface area contributed by atoms with Crippen LogP contribution in [-0.2, 0) is 20.7 Å². The van der Waals surface area contributed by atoms with Crippen molar-refractivity contribution in [1.29, 1.82) is 0 Å². The van der Waals surface area contributed by atoms with E-state index in [9.17, 15) is 9.59 Å². The van der Waals surface area contributed by atoms with Crippen LogP contribution in [-0.4, -0.2) is 31.3 Å². The molecule has 1 fully saturated rings. The normalized spacial score (nSPS) is 22.8. The largest absolute Gasteiger partial charge is 0.467 e. The molecular formula is C12H13NO4. The summed E-state index contributed by atoms with van der Waals surface area (Å²) >= 11 is 0. The van der Waals surface area contributed by atoms with E-state index >= 15 is 0 Å². The van der Waals surface area contributed by atoms with Crippen LogP contribution in [0.3, 0.4) is 0 Å². The molecule has 1 saturated heterocycles. The molecule has 1 aliphatic rings. The number of ether oxygens (including phenoxy) is 2. The van der Waals surface area contributed by atoms with Crippen molar-refractivity contribution in [3.05, 3.63) is 35.9 Å². The number of benzene rings is 1. The molecule has 0 bridgehead atoms. The highest BCUT2D eigenvalue weighted by atomic mass is 16.6. The number of amides is 1. The number of carbonyl (C=O) groups excluding carboxylic acids is 2. The first-order chi connectivity index (χ1) is 8.20. The van der Waals surface area contributed by atoms with Gasteiger partial charge in [-0.15, -0.1) is 0 Å². The first kappa shape index (κ1) is 11.4. The van der Waals surface area contributed by atoms with Gasteiger partial charge in [-0.3, -0.25) is 0 Å². The highest BCUT2D eigenvalue weighted by molar-refractivity contribution is 5.84. The number of alkyl carbamates (subject to hydrolysis) is 1. The first-order valence-corrected chi connectivity index (χ1v) is 5.29. The third kappa shape index (κ3) is 2.55. The molecule has 90 valence electrons. The number of carbonyl (C=O) groups is 2. The minimum absolute atomic E-state index is 0.485. The summed E-state index contributed by atoms with van der Waals surface area (Å²) in [5.74, 6) is -0.489. The Morgan fingerprint density at radius 2 is 2.12 bits per heavy atom. The second kappa shape index (κ2) is 4.86. The summed E-state index contributed by atoms with van der Waals surface area (Å²) in [5, 5.41) is 2.44. The van der Waals surface area contributed by atoms with Crippen LogP contribution in [0.5, 0.6) is 0 Å². The second-order valence-corrected chi connectivity index (χ2v) is 3.78. The van der Waals surface area contributed by atoms with Crippen LogP contribution in [0.25, 0.3) is 0 Å². The van der Waals surface area contributed by atoms with Gasteiger partial charge in [-0.05, 0) is 5.56 Å². The quantitative estimate of drug-likeness (QED) is 0.790. The van der Waals surface area contributed by atoms with Gasteiger partial charge in [0.25, 0.3) is 0 Å². The molecule has 2 atom stereocenters. The zero-order valence-electron chi connectivity index (χ0n) is 9.38. The van der Waals surface area contributed by atoms with Crippen LogP contribution < -0.4 is 5.32 Å². The van der Waals surface area contributed by atoms with E-state index in [1.54, 1.807) is 0 Å². The zero-order chi connectivity index (χ0) is 12.3. The van der Waals surface area contributed by atoms with Gasteiger partial charge >= 0.3 is 12.1 Å². The molecule has 0 saturated carbocycles. The number of hydrogen-bond donors (Lipinski definition) is 1. The zero-order valence-corrected chi connectivity index (χ0v) is 9.38. The Morgan fingerprint density at radius 1 is 1.41 bits per heavy atom. The summed E-state index contributed by atoms with van der Waals surface area (Å²) in [6.45, 7) is 0. The summed E-state index contributed by atoms with van der Waals surface area (Å²) in [4.78, 5) is 22.6. The fourth-order valence-corrected chi connectivity index (χ4v) is 1.80. The Hall–Kier alpha value is -2.04. The van der Waals surface area contributed by atoms with Crippen LogP contribution >= 0.6 is 0 Å². The molecule has 5 heteroatoms. The molecule has 0 radical (unpaired) electrons. The minimum atomic E-state index is -0.729. The SMILES string of the molecule is COC(=O)C1NC(=O)OC1Cc1ccccc1. The second-order valence-electron chi connectivity index (χ2n) is 3.78. The lowest BCUT2D eigenvalue weighted by atomic mass is 10.0. The van der Waals surface area contributed by atoms with Gasteiger partial charge in [-0.1, -0.05) is 30.3 Å². The predicted octanol–water partition coefficient (Wildman–Crippen LogP) is 0.879. The maximum atomic E-state index is 11.4. The molecule has 0 aliphatic carbocycles. The molecule has 2 rings (SSSR count). The van der Waals surface area contributed by atoms with E-state index in [0.29, 0.717) is 6.42 Å². The monoisotopic (exact) mass is 235 g/mol. The summed E-state index contributed by atoms with van der Waals surface area (Å²) in [7, 11) is 1.28. The van der Waals surface area contributed by atoms with E-state index in [0.717, 1.165) is 5.56 Å². The lowest BCUT2D eigenvalue weighted by Crippen LogP contribution is -2.41. The topological polar surface area (TPSA) is 64.6 Å². The van der Waals surface area contributed by atoms with E-state index in [1.165, 1.54) is 7.11 Å². The van der Waals surface area contributed by atoms with E-state index in [4.69, 9.17) is 4.74 Å². The maximum absolute atomic E-state index is 11.4. The Morgan fingerprint density at radius 3 is 2.76 bits per heavy atom. The average Bonchev–Trinajstić information content (AvgIpc) is 2.70. The Bertz CT molecular complexity index is 418. The van der Waals surface area contributed by atoms with Crippen LogP contribution in [0.4, 0.5) is 4.79 Å². The fraction of sp³-hybridized carbons (Fsp3) is 0.333. The molecule has 1 amide bonds. The summed E-state index contributed by atoms with van der Waals surface area (Å²) < 4.78 is 9.67. The molecule has 1 aromatic carbocycles. The Balaban J connectivity index is 2.08. The fourth-order valence-electron chi connectivity index (χ4n) is 1.80. The maximum Gasteiger partial charge on any atom is 0.408 e. The summed E-state index contributed by atoms with van der Waals surface area (Å²) in [5.41, 5.74) is 1.00. The van der Waals surface area contributed by atoms with Crippen molar-refractivity contribution in [2.75, 3.05) is 7.11 Å². The molecule has 1 N–H and O–H groups in total.